The van der Waals surface area contributed by atoms with Gasteiger partial charge in [-0.2, -0.15) is 0 Å². The van der Waals surface area contributed by atoms with Crippen molar-refractivity contribution in [3.63, 3.8) is 0 Å². The van der Waals surface area contributed by atoms with Crippen LogP contribution >= 0.6 is 15.9 Å². The van der Waals surface area contributed by atoms with E-state index in [9.17, 15) is 4.79 Å². The van der Waals surface area contributed by atoms with Crippen LogP contribution in [0.25, 0.3) is 0 Å². The van der Waals surface area contributed by atoms with Gasteiger partial charge in [0.25, 0.3) is 0 Å². The molecule has 0 aliphatic carbocycles. The molecule has 0 spiro atoms. The molecular formula is C19H27BrN2O2. The number of rotatable bonds is 5. The predicted molar refractivity (Wildman–Crippen MR) is 99.2 cm³/mol. The van der Waals surface area contributed by atoms with Gasteiger partial charge in [0.2, 0.25) is 5.91 Å². The quantitative estimate of drug-likeness (QED) is 0.765. The number of piperidine rings is 2. The lowest BCUT2D eigenvalue weighted by atomic mass is 9.94. The Hall–Kier alpha value is -1.07. The molecule has 0 bridgehead atoms. The third-order valence-electron chi connectivity index (χ3n) is 5.08. The van der Waals surface area contributed by atoms with Crippen molar-refractivity contribution in [3.8, 4) is 5.75 Å². The lowest BCUT2D eigenvalue weighted by molar-refractivity contribution is -0.138. The van der Waals surface area contributed by atoms with Gasteiger partial charge in [-0.1, -0.05) is 22.0 Å². The first-order valence-corrected chi connectivity index (χ1v) is 9.91. The van der Waals surface area contributed by atoms with Crippen molar-refractivity contribution in [2.24, 2.45) is 5.92 Å². The van der Waals surface area contributed by atoms with Crippen LogP contribution in [0.15, 0.2) is 28.7 Å². The molecule has 1 amide bonds. The molecule has 5 heteroatoms. The Labute approximate surface area is 153 Å². The molecule has 24 heavy (non-hydrogen) atoms. The summed E-state index contributed by atoms with van der Waals surface area (Å²) < 4.78 is 6.85. The summed E-state index contributed by atoms with van der Waals surface area (Å²) >= 11 is 3.46. The molecular weight excluding hydrogens is 368 g/mol. The van der Waals surface area contributed by atoms with Gasteiger partial charge >= 0.3 is 0 Å². The average molecular weight is 395 g/mol. The maximum atomic E-state index is 12.6. The molecule has 0 radical (unpaired) electrons. The van der Waals surface area contributed by atoms with Crippen molar-refractivity contribution in [2.75, 3.05) is 39.3 Å². The van der Waals surface area contributed by atoms with Crippen LogP contribution in [0.5, 0.6) is 5.75 Å². The van der Waals surface area contributed by atoms with E-state index in [4.69, 9.17) is 4.74 Å². The van der Waals surface area contributed by atoms with Crippen LogP contribution in [-0.4, -0.2) is 55.0 Å². The second kappa shape index (κ2) is 8.86. The molecule has 2 saturated heterocycles. The largest absolute Gasteiger partial charge is 0.492 e. The summed E-state index contributed by atoms with van der Waals surface area (Å²) in [6, 6.07) is 7.95. The van der Waals surface area contributed by atoms with Gasteiger partial charge in [0.1, 0.15) is 12.4 Å². The van der Waals surface area contributed by atoms with E-state index in [1.165, 1.54) is 19.3 Å². The Balaban J connectivity index is 1.36. The minimum absolute atomic E-state index is 0.241. The predicted octanol–water partition coefficient (Wildman–Crippen LogP) is 3.55. The van der Waals surface area contributed by atoms with E-state index in [0.717, 1.165) is 55.8 Å². The van der Waals surface area contributed by atoms with Gasteiger partial charge in [0.15, 0.2) is 0 Å². The first-order valence-electron chi connectivity index (χ1n) is 9.12. The van der Waals surface area contributed by atoms with Gasteiger partial charge in [-0.3, -0.25) is 9.69 Å². The van der Waals surface area contributed by atoms with Crippen molar-refractivity contribution in [3.05, 3.63) is 28.7 Å². The lowest BCUT2D eigenvalue weighted by Crippen LogP contribution is -2.45. The number of ether oxygens (including phenoxy) is 1. The molecule has 1 aromatic carbocycles. The summed E-state index contributed by atoms with van der Waals surface area (Å²) in [5.41, 5.74) is 0. The third-order valence-corrected chi connectivity index (χ3v) is 5.57. The number of hydrogen-bond donors (Lipinski definition) is 0. The molecule has 2 aliphatic heterocycles. The van der Waals surface area contributed by atoms with E-state index < -0.39 is 0 Å². The minimum atomic E-state index is 0.241. The molecule has 1 aromatic rings. The number of halogens is 1. The summed E-state index contributed by atoms with van der Waals surface area (Å²) in [6.45, 7) is 5.58. The summed E-state index contributed by atoms with van der Waals surface area (Å²) in [5, 5.41) is 0. The molecule has 0 unspecified atom stereocenters. The first kappa shape index (κ1) is 17.7. The molecule has 2 fully saturated rings. The van der Waals surface area contributed by atoms with Gasteiger partial charge in [-0.25, -0.2) is 0 Å². The van der Waals surface area contributed by atoms with Crippen LogP contribution in [0.3, 0.4) is 0 Å². The van der Waals surface area contributed by atoms with E-state index in [1.54, 1.807) is 0 Å². The Morgan fingerprint density at radius 2 is 1.88 bits per heavy atom. The van der Waals surface area contributed by atoms with Crippen molar-refractivity contribution < 1.29 is 9.53 Å². The average Bonchev–Trinajstić information content (AvgIpc) is 2.63. The highest BCUT2D eigenvalue weighted by Crippen LogP contribution is 2.22. The molecule has 0 saturated carbocycles. The van der Waals surface area contributed by atoms with E-state index in [1.807, 2.05) is 24.3 Å². The van der Waals surface area contributed by atoms with Crippen molar-refractivity contribution >= 4 is 21.8 Å². The fourth-order valence-electron chi connectivity index (χ4n) is 3.63. The molecule has 3 rings (SSSR count). The van der Waals surface area contributed by atoms with Crippen molar-refractivity contribution in [2.45, 2.75) is 32.1 Å². The normalized spacial score (nSPS) is 20.1. The monoisotopic (exact) mass is 394 g/mol. The number of amides is 1. The number of hydrogen-bond acceptors (Lipinski definition) is 3. The fraction of sp³-hybridized carbons (Fsp3) is 0.632. The van der Waals surface area contributed by atoms with Crippen LogP contribution < -0.4 is 4.74 Å². The van der Waals surface area contributed by atoms with Gasteiger partial charge in [0, 0.05) is 30.0 Å². The maximum Gasteiger partial charge on any atom is 0.225 e. The standard InChI is InChI=1S/C19H27BrN2O2/c20-17-5-4-6-18(15-17)24-14-13-21-11-7-16(8-12-21)19(23)22-9-2-1-3-10-22/h4-6,15-16H,1-3,7-14H2. The third kappa shape index (κ3) is 4.96. The number of likely N-dealkylation sites (tertiary alicyclic amines) is 2. The zero-order chi connectivity index (χ0) is 16.8. The molecule has 0 aromatic heterocycles. The van der Waals surface area contributed by atoms with Crippen molar-refractivity contribution in [1.29, 1.82) is 0 Å². The van der Waals surface area contributed by atoms with Gasteiger partial charge in [0.05, 0.1) is 0 Å². The van der Waals surface area contributed by atoms with Crippen molar-refractivity contribution in [1.82, 2.24) is 9.80 Å². The Morgan fingerprint density at radius 3 is 2.58 bits per heavy atom. The summed E-state index contributed by atoms with van der Waals surface area (Å²) in [4.78, 5) is 17.1. The van der Waals surface area contributed by atoms with Gasteiger partial charge in [-0.05, 0) is 63.4 Å². The Bertz CT molecular complexity index is 538. The molecule has 4 nitrogen and oxygen atoms in total. The second-order valence-corrected chi connectivity index (χ2v) is 7.72. The molecule has 2 heterocycles. The second-order valence-electron chi connectivity index (χ2n) is 6.81. The fourth-order valence-corrected chi connectivity index (χ4v) is 4.00. The zero-order valence-electron chi connectivity index (χ0n) is 14.3. The molecule has 2 aliphatic rings. The zero-order valence-corrected chi connectivity index (χ0v) is 15.8. The van der Waals surface area contributed by atoms with Gasteiger partial charge in [-0.15, -0.1) is 0 Å². The summed E-state index contributed by atoms with van der Waals surface area (Å²) in [6.07, 6.45) is 5.62. The SMILES string of the molecule is O=C(C1CCN(CCOc2cccc(Br)c2)CC1)N1CCCCC1. The van der Waals surface area contributed by atoms with Crippen LogP contribution in [0.4, 0.5) is 0 Å². The van der Waals surface area contributed by atoms with E-state index in [-0.39, 0.29) is 5.92 Å². The Morgan fingerprint density at radius 1 is 1.12 bits per heavy atom. The Kier molecular flexibility index (Phi) is 6.55. The highest BCUT2D eigenvalue weighted by molar-refractivity contribution is 9.10. The first-order chi connectivity index (χ1) is 11.7. The minimum Gasteiger partial charge on any atom is -0.492 e. The summed E-state index contributed by atoms with van der Waals surface area (Å²) in [5.74, 6) is 1.55. The smallest absolute Gasteiger partial charge is 0.225 e. The van der Waals surface area contributed by atoms with E-state index >= 15 is 0 Å². The highest BCUT2D eigenvalue weighted by Gasteiger charge is 2.28. The number of carbonyl (C=O) groups excluding carboxylic acids is 1. The molecule has 0 atom stereocenters. The molecule has 132 valence electrons. The lowest BCUT2D eigenvalue weighted by Gasteiger charge is -2.35. The maximum absolute atomic E-state index is 12.6. The van der Waals surface area contributed by atoms with Crippen LogP contribution in [0.2, 0.25) is 0 Å². The number of nitrogens with zero attached hydrogens (tertiary/aromatic N) is 2. The number of carbonyl (C=O) groups is 1. The highest BCUT2D eigenvalue weighted by atomic mass is 79.9. The van der Waals surface area contributed by atoms with E-state index in [0.29, 0.717) is 12.5 Å². The summed E-state index contributed by atoms with van der Waals surface area (Å²) in [7, 11) is 0. The van der Waals surface area contributed by atoms with E-state index in [2.05, 4.69) is 25.7 Å². The van der Waals surface area contributed by atoms with Crippen LogP contribution in [-0.2, 0) is 4.79 Å². The van der Waals surface area contributed by atoms with Gasteiger partial charge < -0.3 is 9.64 Å². The number of benzene rings is 1. The molecule has 0 N–H and O–H groups in total. The topological polar surface area (TPSA) is 32.8 Å². The van der Waals surface area contributed by atoms with Crippen LogP contribution in [0, 0.1) is 5.92 Å². The van der Waals surface area contributed by atoms with Crippen LogP contribution in [0.1, 0.15) is 32.1 Å².